The van der Waals surface area contributed by atoms with Crippen molar-refractivity contribution in [3.05, 3.63) is 0 Å². The van der Waals surface area contributed by atoms with Crippen LogP contribution in [0.25, 0.3) is 0 Å². The van der Waals surface area contributed by atoms with Gasteiger partial charge in [0.15, 0.2) is 9.84 Å². The Morgan fingerprint density at radius 3 is 2.50 bits per heavy atom. The molecule has 1 saturated heterocycles. The van der Waals surface area contributed by atoms with E-state index in [-0.39, 0.29) is 41.7 Å². The van der Waals surface area contributed by atoms with Gasteiger partial charge in [0, 0.05) is 38.0 Å². The summed E-state index contributed by atoms with van der Waals surface area (Å²) in [5.41, 5.74) is 0. The van der Waals surface area contributed by atoms with Gasteiger partial charge >= 0.3 is 0 Å². The molecular weight excluding hydrogens is 282 g/mol. The van der Waals surface area contributed by atoms with Crippen LogP contribution in [0.15, 0.2) is 0 Å². The third-order valence-corrected chi connectivity index (χ3v) is 5.16. The second kappa shape index (κ2) is 6.53. The molecular formula is C12H21N3O4S. The van der Waals surface area contributed by atoms with Crippen molar-refractivity contribution in [3.8, 4) is 0 Å². The summed E-state index contributed by atoms with van der Waals surface area (Å²) >= 11 is 0. The molecule has 0 aromatic rings. The zero-order valence-corrected chi connectivity index (χ0v) is 12.2. The predicted octanol–water partition coefficient (Wildman–Crippen LogP) is -1.59. The first-order valence-electron chi connectivity index (χ1n) is 6.94. The third-order valence-electron chi connectivity index (χ3n) is 3.43. The van der Waals surface area contributed by atoms with Crippen molar-refractivity contribution in [2.24, 2.45) is 5.92 Å². The molecule has 0 aromatic heterocycles. The van der Waals surface area contributed by atoms with Crippen molar-refractivity contribution >= 4 is 21.7 Å². The molecule has 2 amide bonds. The number of carbonyl (C=O) groups excluding carboxylic acids is 2. The minimum Gasteiger partial charge on any atom is -0.354 e. The fraction of sp³-hybridized carbons (Fsp3) is 0.833. The number of hydrogen-bond acceptors (Lipinski definition) is 5. The van der Waals surface area contributed by atoms with E-state index >= 15 is 0 Å². The van der Waals surface area contributed by atoms with Crippen LogP contribution >= 0.6 is 0 Å². The highest BCUT2D eigenvalue weighted by Gasteiger charge is 2.29. The van der Waals surface area contributed by atoms with E-state index in [4.69, 9.17) is 0 Å². The molecule has 2 aliphatic rings. The Labute approximate surface area is 118 Å². The second-order valence-corrected chi connectivity index (χ2v) is 7.61. The van der Waals surface area contributed by atoms with Crippen LogP contribution in [-0.2, 0) is 19.4 Å². The lowest BCUT2D eigenvalue weighted by Crippen LogP contribution is -2.47. The Bertz CT molecular complexity index is 473. The highest BCUT2D eigenvalue weighted by Crippen LogP contribution is 2.28. The monoisotopic (exact) mass is 303 g/mol. The number of sulfone groups is 1. The molecule has 1 saturated carbocycles. The Morgan fingerprint density at radius 2 is 1.85 bits per heavy atom. The molecule has 114 valence electrons. The van der Waals surface area contributed by atoms with Gasteiger partial charge in [-0.25, -0.2) is 8.42 Å². The van der Waals surface area contributed by atoms with Crippen molar-refractivity contribution in [2.45, 2.75) is 25.3 Å². The van der Waals surface area contributed by atoms with Crippen LogP contribution in [0.1, 0.15) is 19.3 Å². The lowest BCUT2D eigenvalue weighted by molar-refractivity contribution is -0.123. The fourth-order valence-electron chi connectivity index (χ4n) is 2.17. The zero-order valence-electron chi connectivity index (χ0n) is 11.4. The summed E-state index contributed by atoms with van der Waals surface area (Å²) in [5, 5.41) is 8.46. The Hall–Kier alpha value is -1.15. The average molecular weight is 303 g/mol. The van der Waals surface area contributed by atoms with Gasteiger partial charge in [0.05, 0.1) is 11.5 Å². The minimum absolute atomic E-state index is 0.0127. The fourth-order valence-corrected chi connectivity index (χ4v) is 3.62. The molecule has 0 bridgehead atoms. The van der Waals surface area contributed by atoms with Gasteiger partial charge < -0.3 is 16.0 Å². The predicted molar refractivity (Wildman–Crippen MR) is 73.8 cm³/mol. The summed E-state index contributed by atoms with van der Waals surface area (Å²) in [6, 6.07) is -0.310. The van der Waals surface area contributed by atoms with Crippen molar-refractivity contribution < 1.29 is 18.0 Å². The maximum atomic E-state index is 11.7. The molecule has 2 fully saturated rings. The van der Waals surface area contributed by atoms with E-state index in [0.717, 1.165) is 12.8 Å². The molecule has 0 radical (unpaired) electrons. The van der Waals surface area contributed by atoms with Gasteiger partial charge in [0.2, 0.25) is 11.8 Å². The first kappa shape index (κ1) is 15.2. The summed E-state index contributed by atoms with van der Waals surface area (Å²) < 4.78 is 22.9. The molecule has 1 aliphatic carbocycles. The van der Waals surface area contributed by atoms with Crippen LogP contribution in [0.4, 0.5) is 0 Å². The molecule has 0 aromatic carbocycles. The molecule has 20 heavy (non-hydrogen) atoms. The Kier molecular flexibility index (Phi) is 4.98. The molecule has 8 heteroatoms. The van der Waals surface area contributed by atoms with Crippen LogP contribution in [0.3, 0.4) is 0 Å². The van der Waals surface area contributed by atoms with Crippen molar-refractivity contribution in [2.75, 3.05) is 31.1 Å². The van der Waals surface area contributed by atoms with Crippen LogP contribution in [-0.4, -0.2) is 57.4 Å². The first-order chi connectivity index (χ1) is 9.46. The van der Waals surface area contributed by atoms with Gasteiger partial charge in [-0.3, -0.25) is 9.59 Å². The van der Waals surface area contributed by atoms with Crippen LogP contribution in [0.2, 0.25) is 0 Å². The SMILES string of the molecule is O=C(CC1CS(=O)(=O)CCN1)NCCNC(=O)C1CC1. The molecule has 1 atom stereocenters. The molecule has 7 nitrogen and oxygen atoms in total. The van der Waals surface area contributed by atoms with E-state index in [0.29, 0.717) is 19.6 Å². The topological polar surface area (TPSA) is 104 Å². The van der Waals surface area contributed by atoms with Crippen molar-refractivity contribution in [3.63, 3.8) is 0 Å². The van der Waals surface area contributed by atoms with Crippen LogP contribution in [0.5, 0.6) is 0 Å². The van der Waals surface area contributed by atoms with Crippen LogP contribution in [0, 0.1) is 5.92 Å². The van der Waals surface area contributed by atoms with E-state index in [9.17, 15) is 18.0 Å². The highest BCUT2D eigenvalue weighted by molar-refractivity contribution is 7.91. The summed E-state index contributed by atoms with van der Waals surface area (Å²) in [6.45, 7) is 1.19. The number of amides is 2. The van der Waals surface area contributed by atoms with Crippen molar-refractivity contribution in [1.29, 1.82) is 0 Å². The largest absolute Gasteiger partial charge is 0.354 e. The third kappa shape index (κ3) is 5.09. The van der Waals surface area contributed by atoms with Crippen LogP contribution < -0.4 is 16.0 Å². The molecule has 2 rings (SSSR count). The molecule has 1 aliphatic heterocycles. The lowest BCUT2D eigenvalue weighted by Gasteiger charge is -2.23. The molecule has 3 N–H and O–H groups in total. The summed E-state index contributed by atoms with van der Waals surface area (Å²) in [5.74, 6) is 0.179. The summed E-state index contributed by atoms with van der Waals surface area (Å²) in [6.07, 6.45) is 2.07. The van der Waals surface area contributed by atoms with E-state index < -0.39 is 9.84 Å². The maximum Gasteiger partial charge on any atom is 0.223 e. The van der Waals surface area contributed by atoms with Gasteiger partial charge in [-0.15, -0.1) is 0 Å². The Balaban J connectivity index is 1.59. The number of nitrogens with one attached hydrogen (secondary N) is 3. The quantitative estimate of drug-likeness (QED) is 0.513. The number of carbonyl (C=O) groups is 2. The maximum absolute atomic E-state index is 11.7. The molecule has 0 spiro atoms. The van der Waals surface area contributed by atoms with Gasteiger partial charge in [-0.1, -0.05) is 0 Å². The smallest absolute Gasteiger partial charge is 0.223 e. The number of hydrogen-bond donors (Lipinski definition) is 3. The van der Waals surface area contributed by atoms with E-state index in [1.807, 2.05) is 0 Å². The van der Waals surface area contributed by atoms with Gasteiger partial charge in [0.1, 0.15) is 0 Å². The molecule has 1 unspecified atom stereocenters. The summed E-state index contributed by atoms with van der Waals surface area (Å²) in [4.78, 5) is 23.0. The van der Waals surface area contributed by atoms with Gasteiger partial charge in [-0.2, -0.15) is 0 Å². The normalized spacial score (nSPS) is 24.9. The molecule has 1 heterocycles. The van der Waals surface area contributed by atoms with Gasteiger partial charge in [0.25, 0.3) is 0 Å². The van der Waals surface area contributed by atoms with E-state index in [1.165, 1.54) is 0 Å². The minimum atomic E-state index is -3.02. The van der Waals surface area contributed by atoms with E-state index in [1.54, 1.807) is 0 Å². The van der Waals surface area contributed by atoms with E-state index in [2.05, 4.69) is 16.0 Å². The first-order valence-corrected chi connectivity index (χ1v) is 8.76. The number of rotatable bonds is 6. The lowest BCUT2D eigenvalue weighted by atomic mass is 10.2. The van der Waals surface area contributed by atoms with Crippen molar-refractivity contribution in [1.82, 2.24) is 16.0 Å². The Morgan fingerprint density at radius 1 is 1.15 bits per heavy atom. The second-order valence-electron chi connectivity index (χ2n) is 5.38. The zero-order chi connectivity index (χ0) is 14.6. The average Bonchev–Trinajstić information content (AvgIpc) is 3.17. The highest BCUT2D eigenvalue weighted by atomic mass is 32.2. The standard InChI is InChI=1S/C12H21N3O4S/c16-11(7-10-8-20(18,19)6-5-13-10)14-3-4-15-12(17)9-1-2-9/h9-10,13H,1-8H2,(H,14,16)(H,15,17). The van der Waals surface area contributed by atoms with Gasteiger partial charge in [-0.05, 0) is 12.8 Å². The summed E-state index contributed by atoms with van der Waals surface area (Å²) in [7, 11) is -3.02.